The van der Waals surface area contributed by atoms with Crippen molar-refractivity contribution >= 4 is 0 Å². The molecule has 1 unspecified atom stereocenters. The first kappa shape index (κ1) is 14.1. The summed E-state index contributed by atoms with van der Waals surface area (Å²) < 4.78 is 28.3. The van der Waals surface area contributed by atoms with Gasteiger partial charge in [-0.15, -0.1) is 0 Å². The summed E-state index contributed by atoms with van der Waals surface area (Å²) in [7, 11) is 0. The molecule has 0 spiro atoms. The zero-order valence-corrected chi connectivity index (χ0v) is 10.1. The zero-order valence-electron chi connectivity index (χ0n) is 10.1. The average Bonchev–Trinajstić information content (AvgIpc) is 2.28. The SMILES string of the molecule is CC(C)c1ccc(C(O)COCC(F)F)cc1. The van der Waals surface area contributed by atoms with Gasteiger partial charge in [0.2, 0.25) is 0 Å². The van der Waals surface area contributed by atoms with E-state index in [2.05, 4.69) is 18.6 Å². The Labute approximate surface area is 100 Å². The van der Waals surface area contributed by atoms with Gasteiger partial charge in [-0.05, 0) is 17.0 Å². The third-order valence-electron chi connectivity index (χ3n) is 2.51. The predicted molar refractivity (Wildman–Crippen MR) is 62.3 cm³/mol. The van der Waals surface area contributed by atoms with Crippen molar-refractivity contribution in [1.82, 2.24) is 0 Å². The number of hydrogen-bond donors (Lipinski definition) is 1. The van der Waals surface area contributed by atoms with Gasteiger partial charge in [0, 0.05) is 0 Å². The van der Waals surface area contributed by atoms with Gasteiger partial charge in [-0.3, -0.25) is 0 Å². The van der Waals surface area contributed by atoms with Crippen molar-refractivity contribution in [2.75, 3.05) is 13.2 Å². The van der Waals surface area contributed by atoms with E-state index in [1.165, 1.54) is 5.56 Å². The van der Waals surface area contributed by atoms with Crippen LogP contribution in [-0.2, 0) is 4.74 Å². The first-order valence-corrected chi connectivity index (χ1v) is 5.64. The highest BCUT2D eigenvalue weighted by Crippen LogP contribution is 2.19. The van der Waals surface area contributed by atoms with Crippen molar-refractivity contribution in [3.05, 3.63) is 35.4 Å². The molecule has 1 atom stereocenters. The molecule has 2 nitrogen and oxygen atoms in total. The van der Waals surface area contributed by atoms with Gasteiger partial charge in [0.05, 0.1) is 6.61 Å². The third kappa shape index (κ3) is 4.79. The Kier molecular flexibility index (Phi) is 5.51. The molecule has 96 valence electrons. The van der Waals surface area contributed by atoms with Gasteiger partial charge in [-0.1, -0.05) is 38.1 Å². The first-order valence-electron chi connectivity index (χ1n) is 5.64. The molecule has 1 aromatic rings. The van der Waals surface area contributed by atoms with Gasteiger partial charge >= 0.3 is 0 Å². The molecular formula is C13H18F2O2. The highest BCUT2D eigenvalue weighted by Gasteiger charge is 2.10. The van der Waals surface area contributed by atoms with Crippen molar-refractivity contribution in [2.45, 2.75) is 32.3 Å². The van der Waals surface area contributed by atoms with Crippen LogP contribution in [-0.4, -0.2) is 24.7 Å². The molecule has 0 heterocycles. The summed E-state index contributed by atoms with van der Waals surface area (Å²) in [5.41, 5.74) is 1.86. The van der Waals surface area contributed by atoms with E-state index in [0.29, 0.717) is 11.5 Å². The highest BCUT2D eigenvalue weighted by molar-refractivity contribution is 5.26. The molecule has 0 aliphatic carbocycles. The number of rotatable bonds is 6. The van der Waals surface area contributed by atoms with Crippen LogP contribution in [0.25, 0.3) is 0 Å². The van der Waals surface area contributed by atoms with Crippen molar-refractivity contribution in [3.8, 4) is 0 Å². The van der Waals surface area contributed by atoms with Crippen LogP contribution in [0.5, 0.6) is 0 Å². The van der Waals surface area contributed by atoms with E-state index < -0.39 is 19.1 Å². The van der Waals surface area contributed by atoms with Crippen LogP contribution in [0, 0.1) is 0 Å². The molecule has 0 aliphatic heterocycles. The van der Waals surface area contributed by atoms with Crippen LogP contribution in [0.3, 0.4) is 0 Å². The number of ether oxygens (including phenoxy) is 1. The van der Waals surface area contributed by atoms with E-state index in [1.54, 1.807) is 12.1 Å². The Balaban J connectivity index is 2.48. The number of benzene rings is 1. The average molecular weight is 244 g/mol. The van der Waals surface area contributed by atoms with Crippen LogP contribution in [0.1, 0.15) is 37.0 Å². The van der Waals surface area contributed by atoms with Crippen LogP contribution >= 0.6 is 0 Å². The quantitative estimate of drug-likeness (QED) is 0.833. The topological polar surface area (TPSA) is 29.5 Å². The highest BCUT2D eigenvalue weighted by atomic mass is 19.3. The minimum Gasteiger partial charge on any atom is -0.386 e. The standard InChI is InChI=1S/C13H18F2O2/c1-9(2)10-3-5-11(6-4-10)12(16)7-17-8-13(14)15/h3-6,9,12-13,16H,7-8H2,1-2H3. The summed E-state index contributed by atoms with van der Waals surface area (Å²) in [6, 6.07) is 7.45. The van der Waals surface area contributed by atoms with Gasteiger partial charge < -0.3 is 9.84 Å². The monoisotopic (exact) mass is 244 g/mol. The fourth-order valence-electron chi connectivity index (χ4n) is 1.47. The molecule has 0 saturated carbocycles. The normalized spacial score (nSPS) is 13.4. The second kappa shape index (κ2) is 6.67. The maximum absolute atomic E-state index is 11.8. The Morgan fingerprint density at radius 2 is 1.59 bits per heavy atom. The van der Waals surface area contributed by atoms with Gasteiger partial charge in [0.15, 0.2) is 0 Å². The van der Waals surface area contributed by atoms with Gasteiger partial charge in [0.25, 0.3) is 6.43 Å². The summed E-state index contributed by atoms with van der Waals surface area (Å²) in [6.07, 6.45) is -3.35. The lowest BCUT2D eigenvalue weighted by Gasteiger charge is -2.13. The van der Waals surface area contributed by atoms with Gasteiger partial charge in [-0.2, -0.15) is 0 Å². The van der Waals surface area contributed by atoms with Gasteiger partial charge in [0.1, 0.15) is 12.7 Å². The molecule has 17 heavy (non-hydrogen) atoms. The minimum absolute atomic E-state index is 0.106. The number of alkyl halides is 2. The van der Waals surface area contributed by atoms with E-state index in [-0.39, 0.29) is 6.61 Å². The van der Waals surface area contributed by atoms with Crippen molar-refractivity contribution in [3.63, 3.8) is 0 Å². The summed E-state index contributed by atoms with van der Waals surface area (Å²) in [5.74, 6) is 0.427. The Bertz CT molecular complexity index is 323. The maximum Gasteiger partial charge on any atom is 0.261 e. The molecule has 1 rings (SSSR count). The summed E-state index contributed by atoms with van der Waals surface area (Å²) in [6.45, 7) is 3.42. The first-order chi connectivity index (χ1) is 8.00. The second-order valence-electron chi connectivity index (χ2n) is 4.27. The second-order valence-corrected chi connectivity index (χ2v) is 4.27. The van der Waals surface area contributed by atoms with Crippen LogP contribution in [0.15, 0.2) is 24.3 Å². The lowest BCUT2D eigenvalue weighted by molar-refractivity contribution is -0.0204. The fraction of sp³-hybridized carbons (Fsp3) is 0.538. The molecule has 0 aromatic heterocycles. The lowest BCUT2D eigenvalue weighted by atomic mass is 10.0. The van der Waals surface area contributed by atoms with Crippen molar-refractivity contribution < 1.29 is 18.6 Å². The number of aliphatic hydroxyl groups excluding tert-OH is 1. The van der Waals surface area contributed by atoms with Crippen LogP contribution in [0.2, 0.25) is 0 Å². The molecule has 0 saturated heterocycles. The summed E-state index contributed by atoms with van der Waals surface area (Å²) >= 11 is 0. The maximum atomic E-state index is 11.8. The van der Waals surface area contributed by atoms with Crippen molar-refractivity contribution in [1.29, 1.82) is 0 Å². The van der Waals surface area contributed by atoms with Crippen LogP contribution in [0.4, 0.5) is 8.78 Å². The summed E-state index contributed by atoms with van der Waals surface area (Å²) in [5, 5.41) is 9.69. The molecular weight excluding hydrogens is 226 g/mol. The number of aliphatic hydroxyl groups is 1. The Hall–Kier alpha value is -1.00. The smallest absolute Gasteiger partial charge is 0.261 e. The lowest BCUT2D eigenvalue weighted by Crippen LogP contribution is -2.11. The van der Waals surface area contributed by atoms with E-state index in [0.717, 1.165) is 0 Å². The van der Waals surface area contributed by atoms with Crippen LogP contribution < -0.4 is 0 Å². The Morgan fingerprint density at radius 1 is 1.06 bits per heavy atom. The molecule has 0 aliphatic rings. The molecule has 0 bridgehead atoms. The molecule has 0 fully saturated rings. The number of hydrogen-bond acceptors (Lipinski definition) is 2. The van der Waals surface area contributed by atoms with Gasteiger partial charge in [-0.25, -0.2) is 8.78 Å². The fourth-order valence-corrected chi connectivity index (χ4v) is 1.47. The predicted octanol–water partition coefficient (Wildman–Crippen LogP) is 3.13. The molecule has 1 aromatic carbocycles. The largest absolute Gasteiger partial charge is 0.386 e. The molecule has 4 heteroatoms. The Morgan fingerprint density at radius 3 is 2.06 bits per heavy atom. The number of halogens is 2. The zero-order chi connectivity index (χ0) is 12.8. The minimum atomic E-state index is -2.49. The van der Waals surface area contributed by atoms with Crippen molar-refractivity contribution in [2.24, 2.45) is 0 Å². The van der Waals surface area contributed by atoms with E-state index in [4.69, 9.17) is 0 Å². The summed E-state index contributed by atoms with van der Waals surface area (Å²) in [4.78, 5) is 0. The molecule has 0 amide bonds. The molecule has 1 N–H and O–H groups in total. The van der Waals surface area contributed by atoms with E-state index in [1.807, 2.05) is 12.1 Å². The molecule has 0 radical (unpaired) electrons. The third-order valence-corrected chi connectivity index (χ3v) is 2.51. The van der Waals surface area contributed by atoms with E-state index in [9.17, 15) is 13.9 Å². The van der Waals surface area contributed by atoms with E-state index >= 15 is 0 Å².